The Hall–Kier alpha value is -0.120. The van der Waals surface area contributed by atoms with Crippen LogP contribution in [-0.2, 0) is 4.74 Å². The van der Waals surface area contributed by atoms with E-state index in [-0.39, 0.29) is 5.60 Å². The van der Waals surface area contributed by atoms with Gasteiger partial charge in [0.1, 0.15) is 0 Å². The third-order valence-corrected chi connectivity index (χ3v) is 3.13. The molecule has 2 N–H and O–H groups in total. The van der Waals surface area contributed by atoms with Gasteiger partial charge in [-0.3, -0.25) is 0 Å². The van der Waals surface area contributed by atoms with E-state index < -0.39 is 0 Å². The number of ether oxygens (including phenoxy) is 1. The molecular weight excluding hydrogens is 176 g/mol. The van der Waals surface area contributed by atoms with Crippen molar-refractivity contribution in [2.45, 2.75) is 44.8 Å². The first-order chi connectivity index (χ1) is 6.85. The molecule has 3 nitrogen and oxygen atoms in total. The van der Waals surface area contributed by atoms with Crippen molar-refractivity contribution in [3.8, 4) is 0 Å². The highest BCUT2D eigenvalue weighted by Crippen LogP contribution is 2.33. The quantitative estimate of drug-likeness (QED) is 0.666. The van der Waals surface area contributed by atoms with Gasteiger partial charge in [-0.25, -0.2) is 0 Å². The highest BCUT2D eigenvalue weighted by atomic mass is 16.5. The molecule has 1 spiro atoms. The standard InChI is InChI=1S/C9H18N2O.C2H6/c1-10-8-6-9(12-7-8)2-4-11-5-3-9;1-2/h8,10-11H,2-7H2,1H3;1-2H3. The lowest BCUT2D eigenvalue weighted by molar-refractivity contribution is -0.0193. The van der Waals surface area contributed by atoms with Gasteiger partial charge in [-0.05, 0) is 39.4 Å². The highest BCUT2D eigenvalue weighted by Gasteiger charge is 2.40. The smallest absolute Gasteiger partial charge is 0.0723 e. The molecule has 0 aromatic rings. The second-order valence-electron chi connectivity index (χ2n) is 3.93. The molecule has 84 valence electrons. The van der Waals surface area contributed by atoms with E-state index in [4.69, 9.17) is 4.74 Å². The highest BCUT2D eigenvalue weighted by molar-refractivity contribution is 4.94. The van der Waals surface area contributed by atoms with Crippen molar-refractivity contribution in [3.63, 3.8) is 0 Å². The van der Waals surface area contributed by atoms with Crippen molar-refractivity contribution in [1.82, 2.24) is 10.6 Å². The fourth-order valence-corrected chi connectivity index (χ4v) is 2.26. The van der Waals surface area contributed by atoms with Crippen LogP contribution in [0.25, 0.3) is 0 Å². The second kappa shape index (κ2) is 5.69. The van der Waals surface area contributed by atoms with Crippen LogP contribution in [0.3, 0.4) is 0 Å². The summed E-state index contributed by atoms with van der Waals surface area (Å²) < 4.78 is 5.88. The molecule has 0 aliphatic carbocycles. The van der Waals surface area contributed by atoms with Gasteiger partial charge < -0.3 is 15.4 Å². The molecule has 3 heteroatoms. The van der Waals surface area contributed by atoms with Crippen LogP contribution in [0.2, 0.25) is 0 Å². The first-order valence-electron chi connectivity index (χ1n) is 5.87. The number of piperidine rings is 1. The zero-order valence-electron chi connectivity index (χ0n) is 9.73. The van der Waals surface area contributed by atoms with Gasteiger partial charge >= 0.3 is 0 Å². The Kier molecular flexibility index (Phi) is 4.85. The lowest BCUT2D eigenvalue weighted by Crippen LogP contribution is -2.42. The minimum atomic E-state index is 0.221. The van der Waals surface area contributed by atoms with Crippen molar-refractivity contribution in [2.75, 3.05) is 26.7 Å². The molecule has 0 radical (unpaired) electrons. The summed E-state index contributed by atoms with van der Waals surface area (Å²) in [6, 6.07) is 0.586. The maximum atomic E-state index is 5.88. The fraction of sp³-hybridized carbons (Fsp3) is 1.00. The molecule has 0 saturated carbocycles. The van der Waals surface area contributed by atoms with E-state index in [1.54, 1.807) is 0 Å². The summed E-state index contributed by atoms with van der Waals surface area (Å²) in [6.45, 7) is 7.14. The molecule has 0 aromatic carbocycles. The van der Waals surface area contributed by atoms with Crippen molar-refractivity contribution in [3.05, 3.63) is 0 Å². The average Bonchev–Trinajstić information content (AvgIpc) is 2.66. The third kappa shape index (κ3) is 2.69. The zero-order chi connectivity index (χ0) is 10.4. The van der Waals surface area contributed by atoms with Gasteiger partial charge in [-0.1, -0.05) is 13.8 Å². The molecule has 14 heavy (non-hydrogen) atoms. The van der Waals surface area contributed by atoms with E-state index in [0.717, 1.165) is 19.7 Å². The summed E-state index contributed by atoms with van der Waals surface area (Å²) in [5, 5.41) is 6.66. The summed E-state index contributed by atoms with van der Waals surface area (Å²) in [7, 11) is 2.02. The summed E-state index contributed by atoms with van der Waals surface area (Å²) in [4.78, 5) is 0. The van der Waals surface area contributed by atoms with Gasteiger partial charge in [0.05, 0.1) is 12.2 Å². The van der Waals surface area contributed by atoms with Gasteiger partial charge in [-0.2, -0.15) is 0 Å². The molecule has 0 bridgehead atoms. The molecule has 0 amide bonds. The Morgan fingerprint density at radius 3 is 2.43 bits per heavy atom. The number of likely N-dealkylation sites (N-methyl/N-ethyl adjacent to an activating group) is 1. The van der Waals surface area contributed by atoms with E-state index in [2.05, 4.69) is 10.6 Å². The van der Waals surface area contributed by atoms with Crippen LogP contribution in [0.1, 0.15) is 33.1 Å². The molecule has 2 rings (SSSR count). The van der Waals surface area contributed by atoms with E-state index in [1.165, 1.54) is 19.3 Å². The van der Waals surface area contributed by atoms with Crippen LogP contribution in [0, 0.1) is 0 Å². The average molecular weight is 200 g/mol. The first-order valence-corrected chi connectivity index (χ1v) is 5.87. The van der Waals surface area contributed by atoms with Crippen LogP contribution >= 0.6 is 0 Å². The Bertz CT molecular complexity index is 155. The van der Waals surface area contributed by atoms with Crippen LogP contribution in [0.5, 0.6) is 0 Å². The summed E-state index contributed by atoms with van der Waals surface area (Å²) in [6.07, 6.45) is 3.57. The lowest BCUT2D eigenvalue weighted by atomic mass is 9.88. The number of rotatable bonds is 1. The first kappa shape index (κ1) is 12.0. The number of hydrogen-bond donors (Lipinski definition) is 2. The number of nitrogens with one attached hydrogen (secondary N) is 2. The molecule has 2 aliphatic heterocycles. The van der Waals surface area contributed by atoms with E-state index in [9.17, 15) is 0 Å². The molecule has 2 heterocycles. The molecule has 2 aliphatic rings. The molecule has 0 aromatic heterocycles. The van der Waals surface area contributed by atoms with Crippen molar-refractivity contribution >= 4 is 0 Å². The Balaban J connectivity index is 0.000000461. The maximum Gasteiger partial charge on any atom is 0.0723 e. The predicted molar refractivity (Wildman–Crippen MR) is 59.6 cm³/mol. The van der Waals surface area contributed by atoms with Crippen LogP contribution in [-0.4, -0.2) is 38.4 Å². The van der Waals surface area contributed by atoms with Crippen molar-refractivity contribution in [2.24, 2.45) is 0 Å². The van der Waals surface area contributed by atoms with Crippen LogP contribution in [0.4, 0.5) is 0 Å². The summed E-state index contributed by atoms with van der Waals surface area (Å²) in [5.74, 6) is 0. The zero-order valence-corrected chi connectivity index (χ0v) is 9.73. The minimum absolute atomic E-state index is 0.221. The normalized spacial score (nSPS) is 29.8. The SMILES string of the molecule is CC.CNC1COC2(CCNCC2)C1. The van der Waals surface area contributed by atoms with Gasteiger partial charge in [-0.15, -0.1) is 0 Å². The van der Waals surface area contributed by atoms with E-state index >= 15 is 0 Å². The summed E-state index contributed by atoms with van der Waals surface area (Å²) >= 11 is 0. The Morgan fingerprint density at radius 2 is 1.93 bits per heavy atom. The van der Waals surface area contributed by atoms with Gasteiger partial charge in [0.25, 0.3) is 0 Å². The monoisotopic (exact) mass is 200 g/mol. The summed E-state index contributed by atoms with van der Waals surface area (Å²) in [5.41, 5.74) is 0.221. The molecule has 2 saturated heterocycles. The molecule has 1 atom stereocenters. The maximum absolute atomic E-state index is 5.88. The van der Waals surface area contributed by atoms with Crippen molar-refractivity contribution < 1.29 is 4.74 Å². The fourth-order valence-electron chi connectivity index (χ4n) is 2.26. The lowest BCUT2D eigenvalue weighted by Gasteiger charge is -2.32. The van der Waals surface area contributed by atoms with Gasteiger partial charge in [0.2, 0.25) is 0 Å². The minimum Gasteiger partial charge on any atom is -0.373 e. The Morgan fingerprint density at radius 1 is 1.29 bits per heavy atom. The second-order valence-corrected chi connectivity index (χ2v) is 3.93. The molecular formula is C11H24N2O. The number of hydrogen-bond acceptors (Lipinski definition) is 3. The molecule has 2 fully saturated rings. The van der Waals surface area contributed by atoms with Gasteiger partial charge in [0.15, 0.2) is 0 Å². The van der Waals surface area contributed by atoms with Crippen LogP contribution in [0.15, 0.2) is 0 Å². The van der Waals surface area contributed by atoms with Crippen LogP contribution < -0.4 is 10.6 Å². The predicted octanol–water partition coefficient (Wildman–Crippen LogP) is 1.14. The van der Waals surface area contributed by atoms with Crippen molar-refractivity contribution in [1.29, 1.82) is 0 Å². The molecule has 1 unspecified atom stereocenters. The van der Waals surface area contributed by atoms with Gasteiger partial charge in [0, 0.05) is 6.04 Å². The van der Waals surface area contributed by atoms with E-state index in [0.29, 0.717) is 6.04 Å². The largest absolute Gasteiger partial charge is 0.373 e. The topological polar surface area (TPSA) is 33.3 Å². The van der Waals surface area contributed by atoms with E-state index in [1.807, 2.05) is 20.9 Å². The third-order valence-electron chi connectivity index (χ3n) is 3.13. The Labute approximate surface area is 87.6 Å².